The van der Waals surface area contributed by atoms with E-state index in [1.807, 2.05) is 6.07 Å². The lowest BCUT2D eigenvalue weighted by Gasteiger charge is -2.13. The second-order valence-corrected chi connectivity index (χ2v) is 6.75. The number of aryl methyl sites for hydroxylation is 1. The monoisotopic (exact) mass is 384 g/mol. The average molecular weight is 385 g/mol. The van der Waals surface area contributed by atoms with E-state index in [-0.39, 0.29) is 15.6 Å². The van der Waals surface area contributed by atoms with Crippen molar-refractivity contribution in [3.63, 3.8) is 0 Å². The highest BCUT2D eigenvalue weighted by molar-refractivity contribution is 6.35. The van der Waals surface area contributed by atoms with Gasteiger partial charge >= 0.3 is 6.18 Å². The van der Waals surface area contributed by atoms with Crippen LogP contribution in [0.25, 0.3) is 5.57 Å². The van der Waals surface area contributed by atoms with Crippen molar-refractivity contribution in [2.45, 2.75) is 25.4 Å². The summed E-state index contributed by atoms with van der Waals surface area (Å²) < 4.78 is 40.5. The Morgan fingerprint density at radius 2 is 1.72 bits per heavy atom. The highest BCUT2D eigenvalue weighted by atomic mass is 35.5. The molecule has 25 heavy (non-hydrogen) atoms. The lowest BCUT2D eigenvalue weighted by Crippen LogP contribution is -2.13. The largest absolute Gasteiger partial charge is 0.417 e. The number of halogens is 5. The number of fused-ring (bicyclic) bond motifs is 1. The van der Waals surface area contributed by atoms with Gasteiger partial charge in [0.05, 0.1) is 5.57 Å². The molecule has 0 unspecified atom stereocenters. The summed E-state index contributed by atoms with van der Waals surface area (Å²) >= 11 is 11.6. The van der Waals surface area contributed by atoms with E-state index in [0.717, 1.165) is 36.1 Å². The Kier molecular flexibility index (Phi) is 4.94. The predicted octanol–water partition coefficient (Wildman–Crippen LogP) is 6.31. The molecule has 0 heterocycles. The van der Waals surface area contributed by atoms with Crippen LogP contribution in [0.5, 0.6) is 0 Å². The maximum atomic E-state index is 13.5. The summed E-state index contributed by atoms with van der Waals surface area (Å²) in [7, 11) is 0. The molecule has 0 N–H and O–H groups in total. The van der Waals surface area contributed by atoms with Gasteiger partial charge in [0, 0.05) is 15.6 Å². The summed E-state index contributed by atoms with van der Waals surface area (Å²) in [6.07, 6.45) is -1.62. The average Bonchev–Trinajstić information content (AvgIpc) is 2.98. The fourth-order valence-corrected chi connectivity index (χ4v) is 3.62. The molecule has 0 aromatic heterocycles. The van der Waals surface area contributed by atoms with Crippen LogP contribution in [0.1, 0.15) is 33.5 Å². The summed E-state index contributed by atoms with van der Waals surface area (Å²) in [6.45, 7) is 0. The number of hydrogen-bond acceptors (Lipinski definition) is 1. The van der Waals surface area contributed by atoms with E-state index < -0.39 is 17.5 Å². The molecule has 0 saturated carbocycles. The Hall–Kier alpha value is -1.78. The van der Waals surface area contributed by atoms with Crippen LogP contribution in [0.4, 0.5) is 13.2 Å². The van der Waals surface area contributed by atoms with Crippen molar-refractivity contribution in [2.24, 2.45) is 0 Å². The van der Waals surface area contributed by atoms with Crippen molar-refractivity contribution in [1.29, 1.82) is 0 Å². The van der Waals surface area contributed by atoms with Crippen LogP contribution < -0.4 is 0 Å². The van der Waals surface area contributed by atoms with Crippen molar-refractivity contribution in [3.05, 3.63) is 74.8 Å². The van der Waals surface area contributed by atoms with Crippen LogP contribution in [-0.2, 0) is 12.8 Å². The van der Waals surface area contributed by atoms with Gasteiger partial charge in [0.25, 0.3) is 0 Å². The molecule has 0 atom stereocenters. The topological polar surface area (TPSA) is 17.1 Å². The number of rotatable bonds is 3. The van der Waals surface area contributed by atoms with Crippen LogP contribution in [0, 0.1) is 0 Å². The van der Waals surface area contributed by atoms with Crippen molar-refractivity contribution in [2.75, 3.05) is 0 Å². The Morgan fingerprint density at radius 1 is 1.04 bits per heavy atom. The number of allylic oxidation sites excluding steroid dienone is 2. The number of ketones is 1. The zero-order valence-electron chi connectivity index (χ0n) is 13.0. The van der Waals surface area contributed by atoms with Crippen LogP contribution in [0.15, 0.2) is 42.5 Å². The van der Waals surface area contributed by atoms with Gasteiger partial charge in [-0.25, -0.2) is 0 Å². The third-order valence-corrected chi connectivity index (χ3v) is 4.60. The second-order valence-electron chi connectivity index (χ2n) is 5.87. The van der Waals surface area contributed by atoms with Crippen molar-refractivity contribution >= 4 is 34.6 Å². The minimum Gasteiger partial charge on any atom is -0.289 e. The molecule has 0 spiro atoms. The van der Waals surface area contributed by atoms with Gasteiger partial charge in [0.2, 0.25) is 0 Å². The van der Waals surface area contributed by atoms with Gasteiger partial charge in [-0.3, -0.25) is 4.79 Å². The van der Waals surface area contributed by atoms with Crippen molar-refractivity contribution < 1.29 is 18.0 Å². The Balaban J connectivity index is 2.08. The maximum Gasteiger partial charge on any atom is 0.417 e. The lowest BCUT2D eigenvalue weighted by molar-refractivity contribution is -0.0689. The molecule has 2 aromatic rings. The van der Waals surface area contributed by atoms with E-state index in [2.05, 4.69) is 0 Å². The van der Waals surface area contributed by atoms with E-state index in [1.165, 1.54) is 6.07 Å². The molecule has 0 saturated heterocycles. The number of benzene rings is 2. The molecule has 0 fully saturated rings. The van der Waals surface area contributed by atoms with E-state index >= 15 is 0 Å². The molecular weight excluding hydrogens is 372 g/mol. The minimum atomic E-state index is -4.71. The Labute approximate surface area is 153 Å². The fourth-order valence-electron chi connectivity index (χ4n) is 3.10. The zero-order chi connectivity index (χ0) is 18.2. The first kappa shape index (κ1) is 18.0. The van der Waals surface area contributed by atoms with Crippen LogP contribution >= 0.6 is 23.2 Å². The summed E-state index contributed by atoms with van der Waals surface area (Å²) in [6, 6.07) is 8.82. The minimum absolute atomic E-state index is 0.0747. The van der Waals surface area contributed by atoms with Gasteiger partial charge in [-0.2, -0.15) is 13.2 Å². The number of carbonyl (C=O) groups is 1. The van der Waals surface area contributed by atoms with Gasteiger partial charge in [-0.15, -0.1) is 0 Å². The molecular formula is C19H13Cl2F3O. The van der Waals surface area contributed by atoms with Gasteiger partial charge in [0.1, 0.15) is 0 Å². The van der Waals surface area contributed by atoms with Gasteiger partial charge < -0.3 is 0 Å². The smallest absolute Gasteiger partial charge is 0.289 e. The molecule has 3 rings (SSSR count). The molecule has 130 valence electrons. The highest BCUT2D eigenvalue weighted by Crippen LogP contribution is 2.37. The molecule has 1 nitrogen and oxygen atoms in total. The lowest BCUT2D eigenvalue weighted by atomic mass is 9.96. The fraction of sp³-hybridized carbons (Fsp3) is 0.211. The summed E-state index contributed by atoms with van der Waals surface area (Å²) in [4.78, 5) is 12.6. The van der Waals surface area contributed by atoms with E-state index in [0.29, 0.717) is 18.1 Å². The Bertz CT molecular complexity index is 849. The van der Waals surface area contributed by atoms with E-state index in [4.69, 9.17) is 23.2 Å². The molecule has 0 aliphatic heterocycles. The molecule has 2 aromatic carbocycles. The first-order valence-electron chi connectivity index (χ1n) is 7.66. The third kappa shape index (κ3) is 3.91. The van der Waals surface area contributed by atoms with Crippen molar-refractivity contribution in [1.82, 2.24) is 0 Å². The Morgan fingerprint density at radius 3 is 2.36 bits per heavy atom. The summed E-state index contributed by atoms with van der Waals surface area (Å²) in [5.41, 5.74) is 0.904. The van der Waals surface area contributed by atoms with Crippen LogP contribution in [0.3, 0.4) is 0 Å². The van der Waals surface area contributed by atoms with Gasteiger partial charge in [-0.05, 0) is 60.2 Å². The first-order chi connectivity index (χ1) is 11.8. The molecule has 1 aliphatic rings. The quantitative estimate of drug-likeness (QED) is 0.447. The standard InChI is InChI=1S/C19H13Cl2F3O/c20-13-7-12(8-14(21)9-13)17(19(22,23)24)10-18(25)16-6-2-4-11-3-1-5-15(11)16/h2,4,6-10H,1,3,5H2. The molecule has 0 radical (unpaired) electrons. The number of alkyl halides is 3. The SMILES string of the molecule is O=C(C=C(c1cc(Cl)cc(Cl)c1)C(F)(F)F)c1cccc2c1CCC2. The number of hydrogen-bond donors (Lipinski definition) is 0. The third-order valence-electron chi connectivity index (χ3n) is 4.17. The molecule has 1 aliphatic carbocycles. The van der Waals surface area contributed by atoms with Gasteiger partial charge in [0.15, 0.2) is 5.78 Å². The van der Waals surface area contributed by atoms with Crippen molar-refractivity contribution in [3.8, 4) is 0 Å². The summed E-state index contributed by atoms with van der Waals surface area (Å²) in [5.74, 6) is -0.665. The van der Waals surface area contributed by atoms with E-state index in [1.54, 1.807) is 12.1 Å². The number of carbonyl (C=O) groups excluding carboxylic acids is 1. The first-order valence-corrected chi connectivity index (χ1v) is 8.42. The summed E-state index contributed by atoms with van der Waals surface area (Å²) in [5, 5.41) is 0.149. The predicted molar refractivity (Wildman–Crippen MR) is 93.3 cm³/mol. The highest BCUT2D eigenvalue weighted by Gasteiger charge is 2.36. The normalized spacial score (nSPS) is 14.5. The molecule has 6 heteroatoms. The zero-order valence-corrected chi connectivity index (χ0v) is 14.5. The maximum absolute atomic E-state index is 13.5. The molecule has 0 amide bonds. The van der Waals surface area contributed by atoms with Crippen LogP contribution in [0.2, 0.25) is 10.0 Å². The molecule has 0 bridgehead atoms. The van der Waals surface area contributed by atoms with E-state index in [9.17, 15) is 18.0 Å². The van der Waals surface area contributed by atoms with Crippen LogP contribution in [-0.4, -0.2) is 12.0 Å². The second kappa shape index (κ2) is 6.85. The van der Waals surface area contributed by atoms with Gasteiger partial charge in [-0.1, -0.05) is 41.4 Å².